The minimum absolute atomic E-state index is 0.206. The van der Waals surface area contributed by atoms with Crippen molar-refractivity contribution in [2.45, 2.75) is 52.1 Å². The molecule has 5 nitrogen and oxygen atoms in total. The first-order chi connectivity index (χ1) is 8.28. The Morgan fingerprint density at radius 1 is 1.22 bits per heavy atom. The lowest BCUT2D eigenvalue weighted by atomic mass is 9.89. The van der Waals surface area contributed by atoms with E-state index in [0.717, 1.165) is 12.8 Å². The maximum atomic E-state index is 11.4. The fraction of sp³-hybridized carbons (Fsp3) is 0.846. The first-order valence-electron chi connectivity index (χ1n) is 6.47. The molecule has 18 heavy (non-hydrogen) atoms. The second-order valence-electron chi connectivity index (χ2n) is 5.94. The van der Waals surface area contributed by atoms with Crippen molar-refractivity contribution in [2.75, 3.05) is 6.54 Å². The smallest absolute Gasteiger partial charge is 0.407 e. The summed E-state index contributed by atoms with van der Waals surface area (Å²) in [7, 11) is 0. The van der Waals surface area contributed by atoms with Crippen molar-refractivity contribution in [1.82, 2.24) is 5.32 Å². The maximum Gasteiger partial charge on any atom is 0.407 e. The number of alkyl carbamates (subject to hydrolysis) is 1. The lowest BCUT2D eigenvalue weighted by Gasteiger charge is -2.27. The second-order valence-corrected chi connectivity index (χ2v) is 5.94. The van der Waals surface area contributed by atoms with E-state index in [4.69, 9.17) is 9.84 Å². The van der Waals surface area contributed by atoms with Gasteiger partial charge in [-0.3, -0.25) is 4.79 Å². The van der Waals surface area contributed by atoms with Crippen molar-refractivity contribution < 1.29 is 19.4 Å². The van der Waals surface area contributed by atoms with Crippen LogP contribution in [-0.2, 0) is 9.53 Å². The molecule has 0 atom stereocenters. The van der Waals surface area contributed by atoms with Gasteiger partial charge in [-0.1, -0.05) is 0 Å². The van der Waals surface area contributed by atoms with Crippen LogP contribution in [0.4, 0.5) is 4.79 Å². The molecule has 5 heteroatoms. The van der Waals surface area contributed by atoms with Gasteiger partial charge in [0.1, 0.15) is 5.60 Å². The Kier molecular flexibility index (Phi) is 4.99. The van der Waals surface area contributed by atoms with E-state index in [1.807, 2.05) is 20.8 Å². The number of carbonyl (C=O) groups excluding carboxylic acids is 1. The average molecular weight is 260 g/mol. The molecule has 2 N–H and O–H groups in total. The molecule has 0 aromatic rings. The van der Waals surface area contributed by atoms with Gasteiger partial charge in [-0.2, -0.15) is 0 Å². The highest BCUT2D eigenvalue weighted by Gasteiger charge is 2.26. The molecule has 104 valence electrons. The number of nitrogens with one attached hydrogen (secondary N) is 1. The molecule has 0 aliphatic heterocycles. The lowest BCUT2D eigenvalue weighted by molar-refractivity contribution is -0.143. The highest BCUT2D eigenvalue weighted by Crippen LogP contribution is 2.28. The Balaban J connectivity index is 2.22. The summed E-state index contributed by atoms with van der Waals surface area (Å²) in [6.45, 7) is 6.04. The first-order valence-corrected chi connectivity index (χ1v) is 6.47. The first kappa shape index (κ1) is 14.8. The Hall–Kier alpha value is -1.26. The number of carboxylic acids is 1. The summed E-state index contributed by atoms with van der Waals surface area (Å²) >= 11 is 0. The van der Waals surface area contributed by atoms with E-state index < -0.39 is 17.7 Å². The average Bonchev–Trinajstić information content (AvgIpc) is 2.24. The highest BCUT2D eigenvalue weighted by atomic mass is 16.6. The number of rotatable bonds is 3. The van der Waals surface area contributed by atoms with Crippen molar-refractivity contribution in [3.05, 3.63) is 0 Å². The number of carbonyl (C=O) groups is 2. The number of carboxylic acid groups (broad SMARTS) is 1. The third-order valence-corrected chi connectivity index (χ3v) is 3.13. The van der Waals surface area contributed by atoms with Crippen LogP contribution in [0.5, 0.6) is 0 Å². The van der Waals surface area contributed by atoms with Crippen molar-refractivity contribution in [1.29, 1.82) is 0 Å². The summed E-state index contributed by atoms with van der Waals surface area (Å²) in [5.41, 5.74) is -0.481. The standard InChI is InChI=1S/C13H23NO4/c1-13(2,3)18-12(17)14-8-9-4-6-10(7-5-9)11(15)16/h9-10H,4-8H2,1-3H3,(H,14,17)(H,15,16)/i8+1,11+1,14+1. The number of amides is 1. The molecule has 0 heterocycles. The molecule has 0 aromatic heterocycles. The van der Waals surface area contributed by atoms with E-state index in [1.54, 1.807) is 0 Å². The van der Waals surface area contributed by atoms with E-state index in [1.165, 1.54) is 0 Å². The number of hydrogen-bond acceptors (Lipinski definition) is 3. The van der Waals surface area contributed by atoms with Gasteiger partial charge in [-0.25, -0.2) is 4.79 Å². The predicted octanol–water partition coefficient (Wildman–Crippen LogP) is 2.40. The molecule has 0 bridgehead atoms. The van der Waals surface area contributed by atoms with Crippen LogP contribution in [0.1, 0.15) is 46.5 Å². The molecule has 0 radical (unpaired) electrons. The zero-order valence-electron chi connectivity index (χ0n) is 11.4. The number of aliphatic carboxylic acids is 1. The summed E-state index contributed by atoms with van der Waals surface area (Å²) in [6.07, 6.45) is 2.72. The van der Waals surface area contributed by atoms with E-state index in [-0.39, 0.29) is 5.92 Å². The fourth-order valence-electron chi connectivity index (χ4n) is 2.16. The van der Waals surface area contributed by atoms with Crippen molar-refractivity contribution >= 4 is 12.1 Å². The van der Waals surface area contributed by atoms with Crippen LogP contribution in [0.2, 0.25) is 0 Å². The predicted molar refractivity (Wildman–Crippen MR) is 67.3 cm³/mol. The Labute approximate surface area is 108 Å². The quantitative estimate of drug-likeness (QED) is 0.603. The van der Waals surface area contributed by atoms with Gasteiger partial charge in [0.25, 0.3) is 0 Å². The molecule has 1 saturated carbocycles. The second kappa shape index (κ2) is 6.07. The molecule has 1 aliphatic rings. The van der Waals surface area contributed by atoms with Gasteiger partial charge in [-0.05, 0) is 52.4 Å². The minimum Gasteiger partial charge on any atom is -0.481 e. The normalized spacial score (nSPS) is 24.4. The van der Waals surface area contributed by atoms with Crippen LogP contribution in [-0.4, -0.2) is 29.3 Å². The van der Waals surface area contributed by atoms with Crippen molar-refractivity contribution in [2.24, 2.45) is 11.8 Å². The molecule has 0 saturated heterocycles. The van der Waals surface area contributed by atoms with Gasteiger partial charge >= 0.3 is 12.1 Å². The van der Waals surface area contributed by atoms with E-state index in [2.05, 4.69) is 5.32 Å². The van der Waals surface area contributed by atoms with Crippen LogP contribution in [0.15, 0.2) is 0 Å². The Morgan fingerprint density at radius 3 is 2.22 bits per heavy atom. The Morgan fingerprint density at radius 2 is 1.78 bits per heavy atom. The van der Waals surface area contributed by atoms with Crippen molar-refractivity contribution in [3.63, 3.8) is 0 Å². The molecule has 0 aromatic carbocycles. The molecule has 1 amide bonds. The van der Waals surface area contributed by atoms with Gasteiger partial charge < -0.3 is 15.2 Å². The summed E-state index contributed by atoms with van der Waals surface area (Å²) in [5.74, 6) is -0.538. The molecule has 1 fully saturated rings. The van der Waals surface area contributed by atoms with E-state index in [9.17, 15) is 9.59 Å². The molecular weight excluding hydrogens is 237 g/mol. The van der Waals surface area contributed by atoms with E-state index in [0.29, 0.717) is 25.3 Å². The van der Waals surface area contributed by atoms with Gasteiger partial charge in [-0.15, -0.1) is 0 Å². The SMILES string of the molecule is CC(C)(C)OC(=O)[15NH][13CH2]C1CCC([13C](=O)O)CC1. The highest BCUT2D eigenvalue weighted by molar-refractivity contribution is 5.70. The zero-order valence-corrected chi connectivity index (χ0v) is 11.4. The van der Waals surface area contributed by atoms with Crippen LogP contribution in [0.3, 0.4) is 0 Å². The summed E-state index contributed by atoms with van der Waals surface area (Å²) < 4.78 is 5.14. The summed E-state index contributed by atoms with van der Waals surface area (Å²) in [6, 6.07) is 0. The largest absolute Gasteiger partial charge is 0.481 e. The lowest BCUT2D eigenvalue weighted by Crippen LogP contribution is -2.36. The van der Waals surface area contributed by atoms with Crippen LogP contribution in [0, 0.1) is 11.8 Å². The minimum atomic E-state index is -0.700. The van der Waals surface area contributed by atoms with Gasteiger partial charge in [0.2, 0.25) is 0 Å². The third kappa shape index (κ3) is 5.38. The topological polar surface area (TPSA) is 75.6 Å². The molecule has 1 aliphatic carbocycles. The fourth-order valence-corrected chi connectivity index (χ4v) is 2.16. The molecule has 0 unspecified atom stereocenters. The van der Waals surface area contributed by atoms with E-state index >= 15 is 0 Å². The molecule has 0 spiro atoms. The number of ether oxygens (including phenoxy) is 1. The molecular formula is C13H23NO4. The van der Waals surface area contributed by atoms with Gasteiger partial charge in [0, 0.05) is 6.54 Å². The third-order valence-electron chi connectivity index (χ3n) is 3.13. The molecule has 1 rings (SSSR count). The van der Waals surface area contributed by atoms with Gasteiger partial charge in [0.15, 0.2) is 0 Å². The maximum absolute atomic E-state index is 11.4. The summed E-state index contributed by atoms with van der Waals surface area (Å²) in [5, 5.41) is 11.6. The van der Waals surface area contributed by atoms with Crippen molar-refractivity contribution in [3.8, 4) is 0 Å². The van der Waals surface area contributed by atoms with Crippen LogP contribution in [0.25, 0.3) is 0 Å². The zero-order chi connectivity index (χ0) is 13.8. The summed E-state index contributed by atoms with van der Waals surface area (Å²) in [4.78, 5) is 22.2. The Bertz CT molecular complexity index is 301. The van der Waals surface area contributed by atoms with Gasteiger partial charge in [0.05, 0.1) is 5.92 Å². The number of hydrogen-bond donors (Lipinski definition) is 2. The van der Waals surface area contributed by atoms with Crippen LogP contribution < -0.4 is 5.32 Å². The monoisotopic (exact) mass is 260 g/mol. The van der Waals surface area contributed by atoms with Crippen LogP contribution >= 0.6 is 0 Å².